The van der Waals surface area contributed by atoms with Crippen molar-refractivity contribution in [2.24, 2.45) is 0 Å². The molecule has 0 aliphatic heterocycles. The highest BCUT2D eigenvalue weighted by molar-refractivity contribution is 7.99. The summed E-state index contributed by atoms with van der Waals surface area (Å²) in [6.07, 6.45) is 2.81. The van der Waals surface area contributed by atoms with Gasteiger partial charge in [0.05, 0.1) is 5.75 Å². The SMILES string of the molecule is CCCNc1ncc(C)c(SCC(=O)N(C)C)n1. The van der Waals surface area contributed by atoms with Crippen LogP contribution < -0.4 is 5.32 Å². The van der Waals surface area contributed by atoms with E-state index in [1.807, 2.05) is 6.92 Å². The highest BCUT2D eigenvalue weighted by atomic mass is 32.2. The van der Waals surface area contributed by atoms with Gasteiger partial charge in [0.25, 0.3) is 0 Å². The van der Waals surface area contributed by atoms with E-state index in [2.05, 4.69) is 22.2 Å². The van der Waals surface area contributed by atoms with Crippen molar-refractivity contribution in [2.45, 2.75) is 25.3 Å². The number of anilines is 1. The van der Waals surface area contributed by atoms with Crippen LogP contribution in [0.1, 0.15) is 18.9 Å². The van der Waals surface area contributed by atoms with Gasteiger partial charge in [-0.05, 0) is 18.9 Å². The molecule has 0 saturated heterocycles. The normalized spacial score (nSPS) is 10.2. The number of thioether (sulfide) groups is 1. The van der Waals surface area contributed by atoms with Gasteiger partial charge in [-0.2, -0.15) is 0 Å². The largest absolute Gasteiger partial charge is 0.354 e. The number of nitrogens with one attached hydrogen (secondary N) is 1. The first-order valence-corrected chi connectivity index (χ1v) is 6.93. The molecular formula is C12H20N4OS. The van der Waals surface area contributed by atoms with E-state index in [9.17, 15) is 4.79 Å². The number of carbonyl (C=O) groups excluding carboxylic acids is 1. The average Bonchev–Trinajstić information content (AvgIpc) is 2.35. The van der Waals surface area contributed by atoms with Crippen LogP contribution in [0.4, 0.5) is 5.95 Å². The molecular weight excluding hydrogens is 248 g/mol. The number of aromatic nitrogens is 2. The van der Waals surface area contributed by atoms with Crippen molar-refractivity contribution in [3.63, 3.8) is 0 Å². The Bertz CT molecular complexity index is 409. The van der Waals surface area contributed by atoms with E-state index in [0.717, 1.165) is 23.6 Å². The first kappa shape index (κ1) is 14.8. The topological polar surface area (TPSA) is 58.1 Å². The number of carbonyl (C=O) groups is 1. The van der Waals surface area contributed by atoms with Crippen LogP contribution in [-0.4, -0.2) is 47.2 Å². The van der Waals surface area contributed by atoms with Gasteiger partial charge in [0.15, 0.2) is 0 Å². The number of amides is 1. The summed E-state index contributed by atoms with van der Waals surface area (Å²) in [6, 6.07) is 0. The Morgan fingerprint density at radius 1 is 1.50 bits per heavy atom. The molecule has 1 aromatic heterocycles. The summed E-state index contributed by atoms with van der Waals surface area (Å²) in [5.41, 5.74) is 0.994. The van der Waals surface area contributed by atoms with Crippen molar-refractivity contribution in [3.05, 3.63) is 11.8 Å². The van der Waals surface area contributed by atoms with E-state index < -0.39 is 0 Å². The molecule has 0 saturated carbocycles. The van der Waals surface area contributed by atoms with Gasteiger partial charge in [-0.1, -0.05) is 18.7 Å². The standard InChI is InChI=1S/C12H20N4OS/c1-5-6-13-12-14-7-9(2)11(15-12)18-8-10(17)16(3)4/h7H,5-6,8H2,1-4H3,(H,13,14,15). The lowest BCUT2D eigenvalue weighted by Crippen LogP contribution is -2.23. The van der Waals surface area contributed by atoms with Gasteiger partial charge in [0.1, 0.15) is 5.03 Å². The lowest BCUT2D eigenvalue weighted by atomic mass is 10.4. The molecule has 0 aliphatic rings. The van der Waals surface area contributed by atoms with Crippen LogP contribution in [0, 0.1) is 6.92 Å². The molecule has 0 radical (unpaired) electrons. The zero-order chi connectivity index (χ0) is 13.5. The monoisotopic (exact) mass is 268 g/mol. The van der Waals surface area contributed by atoms with Gasteiger partial charge in [-0.3, -0.25) is 4.79 Å². The molecule has 0 unspecified atom stereocenters. The molecule has 18 heavy (non-hydrogen) atoms. The molecule has 0 bridgehead atoms. The van der Waals surface area contributed by atoms with Gasteiger partial charge >= 0.3 is 0 Å². The maximum atomic E-state index is 11.5. The molecule has 1 rings (SSSR count). The molecule has 1 aromatic rings. The minimum Gasteiger partial charge on any atom is -0.354 e. The van der Waals surface area contributed by atoms with Crippen LogP contribution in [0.5, 0.6) is 0 Å². The minimum atomic E-state index is 0.0843. The molecule has 0 fully saturated rings. The summed E-state index contributed by atoms with van der Waals surface area (Å²) in [5, 5.41) is 4.00. The molecule has 0 atom stereocenters. The lowest BCUT2D eigenvalue weighted by Gasteiger charge is -2.11. The van der Waals surface area contributed by atoms with Crippen LogP contribution in [0.15, 0.2) is 11.2 Å². The van der Waals surface area contributed by atoms with E-state index in [-0.39, 0.29) is 5.91 Å². The summed E-state index contributed by atoms with van der Waals surface area (Å²) in [7, 11) is 3.51. The van der Waals surface area contributed by atoms with E-state index in [1.54, 1.807) is 25.2 Å². The molecule has 0 aliphatic carbocycles. The van der Waals surface area contributed by atoms with Crippen molar-refractivity contribution in [1.29, 1.82) is 0 Å². The Morgan fingerprint density at radius 2 is 2.22 bits per heavy atom. The maximum Gasteiger partial charge on any atom is 0.232 e. The molecule has 0 aromatic carbocycles. The first-order chi connectivity index (χ1) is 8.54. The van der Waals surface area contributed by atoms with Gasteiger partial charge in [0, 0.05) is 26.8 Å². The van der Waals surface area contributed by atoms with E-state index >= 15 is 0 Å². The van der Waals surface area contributed by atoms with Crippen molar-refractivity contribution < 1.29 is 4.79 Å². The smallest absolute Gasteiger partial charge is 0.232 e. The maximum absolute atomic E-state index is 11.5. The van der Waals surface area contributed by atoms with Crippen LogP contribution in [0.2, 0.25) is 0 Å². The Morgan fingerprint density at radius 3 is 2.83 bits per heavy atom. The van der Waals surface area contributed by atoms with Crippen molar-refractivity contribution in [1.82, 2.24) is 14.9 Å². The highest BCUT2D eigenvalue weighted by Crippen LogP contribution is 2.20. The number of hydrogen-bond acceptors (Lipinski definition) is 5. The zero-order valence-electron chi connectivity index (χ0n) is 11.4. The fraction of sp³-hybridized carbons (Fsp3) is 0.583. The summed E-state index contributed by atoms with van der Waals surface area (Å²) in [5.74, 6) is 1.11. The number of aryl methyl sites for hydroxylation is 1. The zero-order valence-corrected chi connectivity index (χ0v) is 12.2. The third kappa shape index (κ3) is 4.52. The van der Waals surface area contributed by atoms with Crippen molar-refractivity contribution >= 4 is 23.6 Å². The Kier molecular flexibility index (Phi) is 5.91. The summed E-state index contributed by atoms with van der Waals surface area (Å²) in [4.78, 5) is 21.7. The number of nitrogens with zero attached hydrogens (tertiary/aromatic N) is 3. The predicted octanol–water partition coefficient (Wildman–Crippen LogP) is 1.79. The van der Waals surface area contributed by atoms with Crippen LogP contribution in [0.3, 0.4) is 0 Å². The second-order valence-electron chi connectivity index (χ2n) is 4.19. The first-order valence-electron chi connectivity index (χ1n) is 5.95. The third-order valence-corrected chi connectivity index (χ3v) is 3.37. The number of hydrogen-bond donors (Lipinski definition) is 1. The Hall–Kier alpha value is -1.30. The van der Waals surface area contributed by atoms with Crippen LogP contribution in [0.25, 0.3) is 0 Å². The molecule has 1 N–H and O–H groups in total. The minimum absolute atomic E-state index is 0.0843. The lowest BCUT2D eigenvalue weighted by molar-refractivity contribution is -0.125. The van der Waals surface area contributed by atoms with Gasteiger partial charge < -0.3 is 10.2 Å². The summed E-state index contributed by atoms with van der Waals surface area (Å²) in [6.45, 7) is 4.89. The quantitative estimate of drug-likeness (QED) is 0.629. The summed E-state index contributed by atoms with van der Waals surface area (Å²) < 4.78 is 0. The second kappa shape index (κ2) is 7.20. The summed E-state index contributed by atoms with van der Waals surface area (Å²) >= 11 is 1.45. The Labute approximate surface area is 112 Å². The van der Waals surface area contributed by atoms with Gasteiger partial charge in [-0.25, -0.2) is 9.97 Å². The second-order valence-corrected chi connectivity index (χ2v) is 5.15. The van der Waals surface area contributed by atoms with E-state index in [0.29, 0.717) is 11.7 Å². The third-order valence-electron chi connectivity index (χ3n) is 2.29. The molecule has 1 heterocycles. The van der Waals surface area contributed by atoms with E-state index in [4.69, 9.17) is 0 Å². The molecule has 5 nitrogen and oxygen atoms in total. The molecule has 6 heteroatoms. The fourth-order valence-corrected chi connectivity index (χ4v) is 2.10. The van der Waals surface area contributed by atoms with E-state index in [1.165, 1.54) is 11.8 Å². The van der Waals surface area contributed by atoms with Crippen LogP contribution in [-0.2, 0) is 4.79 Å². The van der Waals surface area contributed by atoms with Crippen molar-refractivity contribution in [2.75, 3.05) is 31.7 Å². The molecule has 1 amide bonds. The number of rotatable bonds is 6. The van der Waals surface area contributed by atoms with Crippen molar-refractivity contribution in [3.8, 4) is 0 Å². The predicted molar refractivity (Wildman–Crippen MR) is 75.0 cm³/mol. The van der Waals surface area contributed by atoms with Gasteiger partial charge in [0.2, 0.25) is 11.9 Å². The average molecular weight is 268 g/mol. The molecule has 0 spiro atoms. The van der Waals surface area contributed by atoms with Crippen LogP contribution >= 0.6 is 11.8 Å². The Balaban J connectivity index is 2.66. The highest BCUT2D eigenvalue weighted by Gasteiger charge is 2.09. The fourth-order valence-electron chi connectivity index (χ4n) is 1.15. The molecule has 100 valence electrons. The van der Waals surface area contributed by atoms with Gasteiger partial charge in [-0.15, -0.1) is 0 Å².